The zero-order chi connectivity index (χ0) is 22.5. The third-order valence-corrected chi connectivity index (χ3v) is 6.25. The third-order valence-electron chi connectivity index (χ3n) is 5.19. The fourth-order valence-electron chi connectivity index (χ4n) is 3.61. The number of benzene rings is 1. The Morgan fingerprint density at radius 1 is 1.28 bits per heavy atom. The molecule has 4 rings (SSSR count). The summed E-state index contributed by atoms with van der Waals surface area (Å²) in [5.41, 5.74) is 0.774. The molecule has 3 aromatic rings. The highest BCUT2D eigenvalue weighted by atomic mass is 35.5. The lowest BCUT2D eigenvalue weighted by Crippen LogP contribution is -2.26. The fraction of sp³-hybridized carbons (Fsp3) is 0.381. The molecule has 0 aliphatic carbocycles. The summed E-state index contributed by atoms with van der Waals surface area (Å²) in [5.74, 6) is 1.41. The van der Waals surface area contributed by atoms with E-state index in [-0.39, 0.29) is 18.2 Å². The fourth-order valence-corrected chi connectivity index (χ4v) is 4.57. The van der Waals surface area contributed by atoms with Crippen LogP contribution in [0.5, 0.6) is 5.75 Å². The van der Waals surface area contributed by atoms with Crippen LogP contribution in [0.15, 0.2) is 36.5 Å². The summed E-state index contributed by atoms with van der Waals surface area (Å²) in [7, 11) is 3.12. The van der Waals surface area contributed by atoms with Crippen LogP contribution in [-0.4, -0.2) is 59.5 Å². The van der Waals surface area contributed by atoms with Crippen molar-refractivity contribution in [1.29, 1.82) is 0 Å². The van der Waals surface area contributed by atoms with Crippen LogP contribution in [0.3, 0.4) is 0 Å². The van der Waals surface area contributed by atoms with Crippen LogP contribution in [0.4, 0.5) is 10.9 Å². The number of hydrogen-bond donors (Lipinski definition) is 1. The molecular weight excluding hydrogens is 452 g/mol. The first-order chi connectivity index (χ1) is 15.6. The zero-order valence-corrected chi connectivity index (χ0v) is 19.3. The van der Waals surface area contributed by atoms with E-state index in [0.29, 0.717) is 15.2 Å². The van der Waals surface area contributed by atoms with Gasteiger partial charge in [0.2, 0.25) is 5.13 Å². The van der Waals surface area contributed by atoms with Gasteiger partial charge in [-0.3, -0.25) is 4.79 Å². The minimum Gasteiger partial charge on any atom is -0.497 e. The van der Waals surface area contributed by atoms with Gasteiger partial charge >= 0.3 is 0 Å². The molecule has 0 amide bonds. The van der Waals surface area contributed by atoms with Crippen molar-refractivity contribution in [2.45, 2.75) is 25.0 Å². The molecule has 9 nitrogen and oxygen atoms in total. The average Bonchev–Trinajstić information content (AvgIpc) is 3.44. The number of nitrogens with one attached hydrogen (secondary N) is 1. The number of anilines is 2. The van der Waals surface area contributed by atoms with Crippen LogP contribution in [-0.2, 0) is 16.0 Å². The minimum atomic E-state index is -0.664. The zero-order valence-electron chi connectivity index (χ0n) is 17.7. The van der Waals surface area contributed by atoms with Gasteiger partial charge in [0.25, 0.3) is 0 Å². The second-order valence-electron chi connectivity index (χ2n) is 7.34. The Balaban J connectivity index is 1.33. The van der Waals surface area contributed by atoms with Crippen molar-refractivity contribution in [2.75, 3.05) is 37.5 Å². The van der Waals surface area contributed by atoms with E-state index in [2.05, 4.69) is 30.6 Å². The number of carbonyl (C=O) groups is 1. The lowest BCUT2D eigenvalue weighted by molar-refractivity contribution is -0.128. The van der Waals surface area contributed by atoms with Crippen LogP contribution in [0.25, 0.3) is 0 Å². The molecule has 1 aromatic carbocycles. The van der Waals surface area contributed by atoms with Gasteiger partial charge in [0.15, 0.2) is 11.6 Å². The van der Waals surface area contributed by atoms with Crippen LogP contribution >= 0.6 is 22.9 Å². The summed E-state index contributed by atoms with van der Waals surface area (Å²) in [5, 5.41) is 21.7. The molecule has 1 aliphatic heterocycles. The Hall–Kier alpha value is -2.82. The molecule has 0 radical (unpaired) electrons. The van der Waals surface area contributed by atoms with Crippen molar-refractivity contribution in [1.82, 2.24) is 20.4 Å². The maximum atomic E-state index is 12.8. The molecule has 0 unspecified atom stereocenters. The molecule has 0 saturated carbocycles. The SMILES string of the molecule is COc1ccc([C@H](OC)C(=O)Cc2nnc(N[C@@H]3CCN(c4cc(Cl)cnn4)C3)s2)cc1. The van der Waals surface area contributed by atoms with E-state index in [0.717, 1.165) is 36.6 Å². The maximum Gasteiger partial charge on any atom is 0.205 e. The normalized spacial score (nSPS) is 16.7. The monoisotopic (exact) mass is 474 g/mol. The number of aromatic nitrogens is 4. The average molecular weight is 475 g/mol. The van der Waals surface area contributed by atoms with Crippen LogP contribution < -0.4 is 15.0 Å². The second-order valence-corrected chi connectivity index (χ2v) is 8.84. The topological polar surface area (TPSA) is 102 Å². The molecule has 1 aliphatic rings. The summed E-state index contributed by atoms with van der Waals surface area (Å²) in [4.78, 5) is 14.9. The molecule has 1 saturated heterocycles. The van der Waals surface area contributed by atoms with Crippen molar-refractivity contribution in [3.05, 3.63) is 52.1 Å². The van der Waals surface area contributed by atoms with E-state index in [1.807, 2.05) is 24.3 Å². The number of methoxy groups -OCH3 is 2. The highest BCUT2D eigenvalue weighted by Crippen LogP contribution is 2.26. The van der Waals surface area contributed by atoms with E-state index in [1.54, 1.807) is 13.2 Å². The van der Waals surface area contributed by atoms with Crippen LogP contribution in [0.1, 0.15) is 23.1 Å². The van der Waals surface area contributed by atoms with Gasteiger partial charge in [0, 0.05) is 32.3 Å². The molecule has 0 bridgehead atoms. The second kappa shape index (κ2) is 10.2. The number of ether oxygens (including phenoxy) is 2. The summed E-state index contributed by atoms with van der Waals surface area (Å²) in [6, 6.07) is 9.27. The summed E-state index contributed by atoms with van der Waals surface area (Å²) in [6.45, 7) is 1.60. The summed E-state index contributed by atoms with van der Waals surface area (Å²) >= 11 is 7.39. The number of halogens is 1. The number of nitrogens with zero attached hydrogens (tertiary/aromatic N) is 5. The van der Waals surface area contributed by atoms with Gasteiger partial charge in [-0.05, 0) is 24.1 Å². The number of Topliss-reactive ketones (excluding diaryl/α,β-unsaturated/α-hetero) is 1. The van der Waals surface area contributed by atoms with Gasteiger partial charge in [-0.25, -0.2) is 0 Å². The molecule has 1 fully saturated rings. The van der Waals surface area contributed by atoms with Gasteiger partial charge in [0.05, 0.1) is 24.8 Å². The molecule has 2 aromatic heterocycles. The standard InChI is InChI=1S/C21H23ClN6O3S/c1-30-16-5-3-13(4-6-16)20(31-2)17(29)10-19-26-27-21(32-19)24-15-7-8-28(12-15)18-9-14(22)11-23-25-18/h3-6,9,11,15,20H,7-8,10,12H2,1-2H3,(H,24,27)/t15-,20+/m1/s1. The predicted octanol–water partition coefficient (Wildman–Crippen LogP) is 3.18. The van der Waals surface area contributed by atoms with E-state index >= 15 is 0 Å². The number of carbonyl (C=O) groups excluding carboxylic acids is 1. The summed E-state index contributed by atoms with van der Waals surface area (Å²) in [6.07, 6.45) is 1.93. The van der Waals surface area contributed by atoms with Gasteiger partial charge in [0.1, 0.15) is 16.9 Å². The van der Waals surface area contributed by atoms with E-state index in [4.69, 9.17) is 21.1 Å². The lowest BCUT2D eigenvalue weighted by atomic mass is 10.0. The molecular formula is C21H23ClN6O3S. The molecule has 1 N–H and O–H groups in total. The maximum absolute atomic E-state index is 12.8. The number of hydrogen-bond acceptors (Lipinski definition) is 10. The van der Waals surface area contributed by atoms with Gasteiger partial charge in [-0.1, -0.05) is 35.1 Å². The van der Waals surface area contributed by atoms with E-state index < -0.39 is 6.10 Å². The van der Waals surface area contributed by atoms with Crippen molar-refractivity contribution < 1.29 is 14.3 Å². The number of ketones is 1. The quantitative estimate of drug-likeness (QED) is 0.500. The summed E-state index contributed by atoms with van der Waals surface area (Å²) < 4.78 is 10.6. The predicted molar refractivity (Wildman–Crippen MR) is 123 cm³/mol. The molecule has 3 heterocycles. The third kappa shape index (κ3) is 5.32. The van der Waals surface area contributed by atoms with Crippen molar-refractivity contribution in [2.24, 2.45) is 0 Å². The van der Waals surface area contributed by atoms with Crippen molar-refractivity contribution in [3.8, 4) is 5.75 Å². The Bertz CT molecular complexity index is 1060. The van der Waals surface area contributed by atoms with Crippen LogP contribution in [0, 0.1) is 0 Å². The molecule has 0 spiro atoms. The first kappa shape index (κ1) is 22.4. The number of rotatable bonds is 9. The molecule has 11 heteroatoms. The van der Waals surface area contributed by atoms with Crippen LogP contribution in [0.2, 0.25) is 5.02 Å². The highest BCUT2D eigenvalue weighted by Gasteiger charge is 2.26. The van der Waals surface area contributed by atoms with Gasteiger partial charge < -0.3 is 19.7 Å². The van der Waals surface area contributed by atoms with Gasteiger partial charge in [-0.2, -0.15) is 5.10 Å². The van der Waals surface area contributed by atoms with Crippen molar-refractivity contribution >= 4 is 39.7 Å². The smallest absolute Gasteiger partial charge is 0.205 e. The Morgan fingerprint density at radius 3 is 2.81 bits per heavy atom. The first-order valence-corrected chi connectivity index (χ1v) is 11.3. The Kier molecular flexibility index (Phi) is 7.13. The van der Waals surface area contributed by atoms with E-state index in [9.17, 15) is 4.79 Å². The van der Waals surface area contributed by atoms with E-state index in [1.165, 1.54) is 24.6 Å². The lowest BCUT2D eigenvalue weighted by Gasteiger charge is -2.17. The Labute approximate surface area is 194 Å². The highest BCUT2D eigenvalue weighted by molar-refractivity contribution is 7.15. The molecule has 168 valence electrons. The molecule has 2 atom stereocenters. The Morgan fingerprint density at radius 2 is 2.09 bits per heavy atom. The minimum absolute atomic E-state index is 0.0769. The molecule has 32 heavy (non-hydrogen) atoms. The van der Waals surface area contributed by atoms with Crippen molar-refractivity contribution in [3.63, 3.8) is 0 Å². The first-order valence-electron chi connectivity index (χ1n) is 10.1. The largest absolute Gasteiger partial charge is 0.497 e. The van der Waals surface area contributed by atoms with Gasteiger partial charge in [-0.15, -0.1) is 15.3 Å².